The summed E-state index contributed by atoms with van der Waals surface area (Å²) in [5, 5.41) is 11.3. The summed E-state index contributed by atoms with van der Waals surface area (Å²) in [7, 11) is 0. The molecule has 2 saturated heterocycles. The van der Waals surface area contributed by atoms with E-state index in [1.54, 1.807) is 49.4 Å². The third-order valence-corrected chi connectivity index (χ3v) is 6.54. The lowest BCUT2D eigenvalue weighted by atomic mass is 9.93. The van der Waals surface area contributed by atoms with Gasteiger partial charge in [0.15, 0.2) is 0 Å². The van der Waals surface area contributed by atoms with E-state index in [1.807, 2.05) is 0 Å². The van der Waals surface area contributed by atoms with Gasteiger partial charge in [-0.15, -0.1) is 0 Å². The molecule has 7 nitrogen and oxygen atoms in total. The van der Waals surface area contributed by atoms with Gasteiger partial charge in [0.2, 0.25) is 0 Å². The largest absolute Gasteiger partial charge is 0.507 e. The second-order valence-electron chi connectivity index (χ2n) is 8.90. The fraction of sp³-hybridized carbons (Fsp3) is 0.357. The number of aliphatic hydroxyl groups is 1. The Morgan fingerprint density at radius 2 is 1.94 bits per heavy atom. The quantitative estimate of drug-likeness (QED) is 0.247. The average molecular weight is 495 g/mol. The van der Waals surface area contributed by atoms with Crippen molar-refractivity contribution in [1.29, 1.82) is 0 Å². The minimum atomic E-state index is -1.02. The SMILES string of the molecule is C=CCOc1ccc(C(O)=C2C(=O)C(=O)N(CCCN3CCOCC3)C2c2ccccc2F)c(C)c1. The molecular formula is C28H31FN2O5. The molecule has 0 bridgehead atoms. The van der Waals surface area contributed by atoms with Crippen LogP contribution in [-0.2, 0) is 14.3 Å². The smallest absolute Gasteiger partial charge is 0.295 e. The summed E-state index contributed by atoms with van der Waals surface area (Å²) in [4.78, 5) is 30.0. The highest BCUT2D eigenvalue weighted by Crippen LogP contribution is 2.41. The Hall–Kier alpha value is -3.49. The fourth-order valence-corrected chi connectivity index (χ4v) is 4.71. The van der Waals surface area contributed by atoms with Gasteiger partial charge in [-0.2, -0.15) is 0 Å². The molecular weight excluding hydrogens is 463 g/mol. The summed E-state index contributed by atoms with van der Waals surface area (Å²) >= 11 is 0. The van der Waals surface area contributed by atoms with Crippen molar-refractivity contribution in [3.05, 3.63) is 83.2 Å². The maximum atomic E-state index is 15.0. The molecule has 0 radical (unpaired) electrons. The van der Waals surface area contributed by atoms with Crippen LogP contribution < -0.4 is 4.74 Å². The lowest BCUT2D eigenvalue weighted by molar-refractivity contribution is -0.140. The van der Waals surface area contributed by atoms with Crippen molar-refractivity contribution in [1.82, 2.24) is 9.80 Å². The van der Waals surface area contributed by atoms with Gasteiger partial charge in [0.25, 0.3) is 11.7 Å². The highest BCUT2D eigenvalue weighted by molar-refractivity contribution is 6.46. The summed E-state index contributed by atoms with van der Waals surface area (Å²) in [5.41, 5.74) is 1.10. The van der Waals surface area contributed by atoms with E-state index in [1.165, 1.54) is 11.0 Å². The first kappa shape index (κ1) is 25.6. The van der Waals surface area contributed by atoms with Gasteiger partial charge in [0.1, 0.15) is 23.9 Å². The molecule has 0 spiro atoms. The number of nitrogens with zero attached hydrogens (tertiary/aromatic N) is 2. The average Bonchev–Trinajstić information content (AvgIpc) is 3.13. The van der Waals surface area contributed by atoms with Gasteiger partial charge in [-0.05, 0) is 43.2 Å². The van der Waals surface area contributed by atoms with Crippen LogP contribution in [-0.4, -0.2) is 72.6 Å². The van der Waals surface area contributed by atoms with Crippen LogP contribution in [0.3, 0.4) is 0 Å². The molecule has 1 N–H and O–H groups in total. The first-order chi connectivity index (χ1) is 17.4. The van der Waals surface area contributed by atoms with Gasteiger partial charge in [-0.25, -0.2) is 4.39 Å². The number of rotatable bonds is 9. The number of Topliss-reactive ketones (excluding diaryl/α,β-unsaturated/α-hetero) is 1. The second kappa shape index (κ2) is 11.5. The van der Waals surface area contributed by atoms with E-state index in [0.717, 1.165) is 19.6 Å². The lowest BCUT2D eigenvalue weighted by Gasteiger charge is -2.29. The van der Waals surface area contributed by atoms with Crippen molar-refractivity contribution < 1.29 is 28.6 Å². The molecule has 2 aliphatic heterocycles. The number of carbonyl (C=O) groups excluding carboxylic acids is 2. The number of ether oxygens (including phenoxy) is 2. The van der Waals surface area contributed by atoms with Crippen LogP contribution in [0, 0.1) is 12.7 Å². The van der Waals surface area contributed by atoms with Crippen LogP contribution in [0.15, 0.2) is 60.7 Å². The Morgan fingerprint density at radius 3 is 2.64 bits per heavy atom. The summed E-state index contributed by atoms with van der Waals surface area (Å²) in [6, 6.07) is 10.1. The molecule has 1 amide bonds. The van der Waals surface area contributed by atoms with E-state index >= 15 is 0 Å². The predicted molar refractivity (Wildman–Crippen MR) is 134 cm³/mol. The number of hydrogen-bond donors (Lipinski definition) is 1. The van der Waals surface area contributed by atoms with Crippen LogP contribution in [0.2, 0.25) is 0 Å². The molecule has 36 heavy (non-hydrogen) atoms. The number of halogens is 1. The number of benzene rings is 2. The monoisotopic (exact) mass is 494 g/mol. The van der Waals surface area contributed by atoms with Crippen LogP contribution in [0.25, 0.3) is 5.76 Å². The molecule has 0 saturated carbocycles. The number of carbonyl (C=O) groups is 2. The molecule has 2 heterocycles. The standard InChI is InChI=1S/C28H31FN2O5/c1-3-15-36-20-9-10-21(19(2)18-20)26(32)24-25(22-7-4-5-8-23(22)29)31(28(34)27(24)33)12-6-11-30-13-16-35-17-14-30/h3-5,7-10,18,25,32H,1,6,11-17H2,2H3. The van der Waals surface area contributed by atoms with E-state index in [9.17, 15) is 19.1 Å². The van der Waals surface area contributed by atoms with Crippen molar-refractivity contribution >= 4 is 17.4 Å². The normalized spacial score (nSPS) is 20.1. The van der Waals surface area contributed by atoms with E-state index < -0.39 is 23.5 Å². The van der Waals surface area contributed by atoms with Crippen molar-refractivity contribution in [2.75, 3.05) is 46.0 Å². The van der Waals surface area contributed by atoms with E-state index in [-0.39, 0.29) is 23.4 Å². The van der Waals surface area contributed by atoms with Gasteiger partial charge in [0, 0.05) is 37.3 Å². The van der Waals surface area contributed by atoms with Crippen molar-refractivity contribution in [3.8, 4) is 5.75 Å². The molecule has 2 aromatic rings. The third-order valence-electron chi connectivity index (χ3n) is 6.54. The van der Waals surface area contributed by atoms with Crippen molar-refractivity contribution in [2.24, 2.45) is 0 Å². The molecule has 0 aliphatic carbocycles. The number of ketones is 1. The highest BCUT2D eigenvalue weighted by Gasteiger charge is 2.46. The zero-order chi connectivity index (χ0) is 25.7. The van der Waals surface area contributed by atoms with Gasteiger partial charge in [-0.1, -0.05) is 30.9 Å². The van der Waals surface area contributed by atoms with Crippen LogP contribution in [0.5, 0.6) is 5.75 Å². The van der Waals surface area contributed by atoms with Gasteiger partial charge in [0.05, 0.1) is 24.8 Å². The number of morpholine rings is 1. The lowest BCUT2D eigenvalue weighted by Crippen LogP contribution is -2.39. The molecule has 2 fully saturated rings. The van der Waals surface area contributed by atoms with Crippen LogP contribution in [0.4, 0.5) is 4.39 Å². The number of likely N-dealkylation sites (tertiary alicyclic amines) is 1. The zero-order valence-corrected chi connectivity index (χ0v) is 20.4. The maximum Gasteiger partial charge on any atom is 0.295 e. The Balaban J connectivity index is 1.69. The number of aliphatic hydroxyl groups excluding tert-OH is 1. The molecule has 4 rings (SSSR count). The van der Waals surface area contributed by atoms with Gasteiger partial charge in [-0.3, -0.25) is 14.5 Å². The fourth-order valence-electron chi connectivity index (χ4n) is 4.71. The van der Waals surface area contributed by atoms with E-state index in [2.05, 4.69) is 11.5 Å². The molecule has 1 atom stereocenters. The number of aryl methyl sites for hydroxylation is 1. The van der Waals surface area contributed by atoms with Gasteiger partial charge < -0.3 is 19.5 Å². The van der Waals surface area contributed by atoms with Crippen LogP contribution >= 0.6 is 0 Å². The molecule has 8 heteroatoms. The molecule has 190 valence electrons. The molecule has 2 aliphatic rings. The summed E-state index contributed by atoms with van der Waals surface area (Å²) < 4.78 is 25.9. The van der Waals surface area contributed by atoms with Crippen molar-refractivity contribution in [2.45, 2.75) is 19.4 Å². The topological polar surface area (TPSA) is 79.3 Å². The van der Waals surface area contributed by atoms with Crippen molar-refractivity contribution in [3.63, 3.8) is 0 Å². The number of amides is 1. The molecule has 2 aromatic carbocycles. The van der Waals surface area contributed by atoms with Crippen LogP contribution in [0.1, 0.15) is 29.2 Å². The molecule has 1 unspecified atom stereocenters. The van der Waals surface area contributed by atoms with E-state index in [4.69, 9.17) is 9.47 Å². The minimum absolute atomic E-state index is 0.112. The number of hydrogen-bond acceptors (Lipinski definition) is 6. The highest BCUT2D eigenvalue weighted by atomic mass is 19.1. The Kier molecular flexibility index (Phi) is 8.18. The van der Waals surface area contributed by atoms with Gasteiger partial charge >= 0.3 is 0 Å². The second-order valence-corrected chi connectivity index (χ2v) is 8.90. The Bertz CT molecular complexity index is 1170. The summed E-state index contributed by atoms with van der Waals surface area (Å²) in [6.45, 7) is 9.64. The summed E-state index contributed by atoms with van der Waals surface area (Å²) in [6.07, 6.45) is 2.23. The first-order valence-electron chi connectivity index (χ1n) is 12.1. The maximum absolute atomic E-state index is 15.0. The Labute approximate surface area is 210 Å². The first-order valence-corrected chi connectivity index (χ1v) is 12.1. The third kappa shape index (κ3) is 5.34. The predicted octanol–water partition coefficient (Wildman–Crippen LogP) is 3.84. The van der Waals surface area contributed by atoms with E-state index in [0.29, 0.717) is 43.1 Å². The molecule has 0 aromatic heterocycles. The summed E-state index contributed by atoms with van der Waals surface area (Å²) in [5.74, 6) is -1.85. The Morgan fingerprint density at radius 1 is 1.19 bits per heavy atom. The minimum Gasteiger partial charge on any atom is -0.507 e. The zero-order valence-electron chi connectivity index (χ0n) is 20.4.